The monoisotopic (exact) mass is 358 g/mol. The summed E-state index contributed by atoms with van der Waals surface area (Å²) in [7, 11) is -1.42. The summed E-state index contributed by atoms with van der Waals surface area (Å²) in [4.78, 5) is 16.7. The van der Waals surface area contributed by atoms with Crippen LogP contribution in [0, 0.1) is 11.8 Å². The zero-order chi connectivity index (χ0) is 18.3. The van der Waals surface area contributed by atoms with E-state index in [1.165, 1.54) is 31.8 Å². The average Bonchev–Trinajstić information content (AvgIpc) is 2.62. The van der Waals surface area contributed by atoms with E-state index in [1.807, 2.05) is 0 Å². The van der Waals surface area contributed by atoms with Crippen molar-refractivity contribution in [1.29, 1.82) is 0 Å². The first-order valence-electron chi connectivity index (χ1n) is 7.41. The van der Waals surface area contributed by atoms with Crippen LogP contribution in [0.3, 0.4) is 0 Å². The van der Waals surface area contributed by atoms with Crippen LogP contribution in [0.25, 0.3) is 0 Å². The molecule has 1 aromatic heterocycles. The van der Waals surface area contributed by atoms with Gasteiger partial charge < -0.3 is 9.84 Å². The largest absolute Gasteiger partial charge is 0.497 e. The van der Waals surface area contributed by atoms with Crippen molar-refractivity contribution < 1.29 is 18.8 Å². The number of hydrogen-bond acceptors (Lipinski definition) is 5. The van der Waals surface area contributed by atoms with Crippen molar-refractivity contribution >= 4 is 15.6 Å². The van der Waals surface area contributed by atoms with Crippen LogP contribution in [-0.2, 0) is 9.73 Å². The summed E-state index contributed by atoms with van der Waals surface area (Å²) in [6, 6.07) is 8.17. The van der Waals surface area contributed by atoms with Gasteiger partial charge in [-0.25, -0.2) is 4.21 Å². The van der Waals surface area contributed by atoms with Gasteiger partial charge in [-0.2, -0.15) is 4.36 Å². The number of amides is 1. The SMILES string of the molecule is COc1cccc(S(C)(=O)=NC(=O)c2cncc(C#CCCO)c2)c1. The topological polar surface area (TPSA) is 88.9 Å². The number of pyridine rings is 1. The molecule has 0 bridgehead atoms. The van der Waals surface area contributed by atoms with Gasteiger partial charge in [-0.1, -0.05) is 17.9 Å². The Labute approximate surface area is 147 Å². The molecule has 2 aromatic rings. The number of carbonyl (C=O) groups excluding carboxylic acids is 1. The van der Waals surface area contributed by atoms with E-state index in [-0.39, 0.29) is 12.2 Å². The Balaban J connectivity index is 2.34. The standard InChI is InChI=1S/C18H18N2O4S/c1-24-16-7-5-8-17(11-16)25(2,23)20-18(22)15-10-14(12-19-13-15)6-3-4-9-21/h5,7-8,10-13,21H,4,9H2,1-2H3. The molecule has 1 amide bonds. The quantitative estimate of drug-likeness (QED) is 0.846. The molecule has 6 nitrogen and oxygen atoms in total. The van der Waals surface area contributed by atoms with E-state index >= 15 is 0 Å². The predicted molar refractivity (Wildman–Crippen MR) is 94.9 cm³/mol. The number of methoxy groups -OCH3 is 1. The summed E-state index contributed by atoms with van der Waals surface area (Å²) in [5.41, 5.74) is 0.728. The van der Waals surface area contributed by atoms with E-state index in [0.717, 1.165) is 0 Å². The van der Waals surface area contributed by atoms with Crippen LogP contribution in [-0.4, -0.2) is 40.2 Å². The second-order valence-corrected chi connectivity index (χ2v) is 7.37. The highest BCUT2D eigenvalue weighted by Gasteiger charge is 2.12. The maximum absolute atomic E-state index is 12.8. The lowest BCUT2D eigenvalue weighted by molar-refractivity contribution is 0.100. The smallest absolute Gasteiger partial charge is 0.286 e. The molecule has 2 rings (SSSR count). The number of benzene rings is 1. The number of aromatic nitrogens is 1. The fraction of sp³-hybridized carbons (Fsp3) is 0.222. The van der Waals surface area contributed by atoms with Gasteiger partial charge in [0, 0.05) is 30.6 Å². The Hall–Kier alpha value is -2.69. The van der Waals surface area contributed by atoms with E-state index < -0.39 is 15.6 Å². The van der Waals surface area contributed by atoms with Crippen LogP contribution in [0.2, 0.25) is 0 Å². The first-order chi connectivity index (χ1) is 12.0. The third-order valence-corrected chi connectivity index (χ3v) is 4.83. The first-order valence-corrected chi connectivity index (χ1v) is 9.34. The van der Waals surface area contributed by atoms with Crippen molar-refractivity contribution in [3.63, 3.8) is 0 Å². The maximum Gasteiger partial charge on any atom is 0.286 e. The van der Waals surface area contributed by atoms with Gasteiger partial charge in [-0.3, -0.25) is 9.78 Å². The molecule has 1 atom stereocenters. The molecule has 1 N–H and O–H groups in total. The second kappa shape index (κ2) is 8.42. The Bertz CT molecular complexity index is 951. The lowest BCUT2D eigenvalue weighted by atomic mass is 10.2. The van der Waals surface area contributed by atoms with Crippen molar-refractivity contribution in [2.24, 2.45) is 4.36 Å². The van der Waals surface area contributed by atoms with Gasteiger partial charge >= 0.3 is 0 Å². The van der Waals surface area contributed by atoms with E-state index in [2.05, 4.69) is 21.2 Å². The van der Waals surface area contributed by atoms with Gasteiger partial charge in [0.1, 0.15) is 5.75 Å². The maximum atomic E-state index is 12.8. The van der Waals surface area contributed by atoms with Crippen molar-refractivity contribution in [3.05, 3.63) is 53.9 Å². The molecule has 1 heterocycles. The molecule has 0 saturated heterocycles. The minimum Gasteiger partial charge on any atom is -0.497 e. The van der Waals surface area contributed by atoms with Gasteiger partial charge in [0.2, 0.25) is 0 Å². The Morgan fingerprint density at radius 3 is 2.88 bits per heavy atom. The van der Waals surface area contributed by atoms with Crippen LogP contribution < -0.4 is 4.74 Å². The fourth-order valence-corrected chi connectivity index (χ4v) is 3.14. The lowest BCUT2D eigenvalue weighted by Crippen LogP contribution is -2.05. The highest BCUT2D eigenvalue weighted by molar-refractivity contribution is 7.93. The van der Waals surface area contributed by atoms with Crippen LogP contribution in [0.5, 0.6) is 5.75 Å². The highest BCUT2D eigenvalue weighted by atomic mass is 32.2. The molecule has 1 unspecified atom stereocenters. The summed E-state index contributed by atoms with van der Waals surface area (Å²) in [6.07, 6.45) is 4.59. The Morgan fingerprint density at radius 2 is 2.16 bits per heavy atom. The molecule has 0 aliphatic carbocycles. The average molecular weight is 358 g/mol. The zero-order valence-electron chi connectivity index (χ0n) is 13.9. The van der Waals surface area contributed by atoms with Crippen molar-refractivity contribution in [2.75, 3.05) is 20.0 Å². The van der Waals surface area contributed by atoms with Crippen LogP contribution in [0.15, 0.2) is 52.0 Å². The van der Waals surface area contributed by atoms with E-state index in [0.29, 0.717) is 22.6 Å². The van der Waals surface area contributed by atoms with Crippen LogP contribution in [0.1, 0.15) is 22.3 Å². The van der Waals surface area contributed by atoms with E-state index in [9.17, 15) is 9.00 Å². The molecule has 0 radical (unpaired) electrons. The number of nitrogens with zero attached hydrogens (tertiary/aromatic N) is 2. The van der Waals surface area contributed by atoms with Gasteiger partial charge in [0.15, 0.2) is 0 Å². The molecular formula is C18H18N2O4S. The fourth-order valence-electron chi connectivity index (χ4n) is 1.95. The minimum atomic E-state index is -2.93. The molecule has 7 heteroatoms. The third-order valence-electron chi connectivity index (χ3n) is 3.19. The van der Waals surface area contributed by atoms with Gasteiger partial charge in [-0.05, 0) is 24.3 Å². The Morgan fingerprint density at radius 1 is 1.36 bits per heavy atom. The molecule has 0 aliphatic rings. The number of rotatable bonds is 4. The van der Waals surface area contributed by atoms with E-state index in [1.54, 1.807) is 24.3 Å². The molecule has 0 aliphatic heterocycles. The minimum absolute atomic E-state index is 0.0349. The number of aliphatic hydroxyl groups excluding tert-OH is 1. The number of aliphatic hydroxyl groups is 1. The highest BCUT2D eigenvalue weighted by Crippen LogP contribution is 2.19. The third kappa shape index (κ3) is 5.14. The molecule has 25 heavy (non-hydrogen) atoms. The molecular weight excluding hydrogens is 340 g/mol. The predicted octanol–water partition coefficient (Wildman–Crippen LogP) is 2.12. The summed E-state index contributed by atoms with van der Waals surface area (Å²) in [5, 5.41) is 8.73. The summed E-state index contributed by atoms with van der Waals surface area (Å²) < 4.78 is 21.8. The zero-order valence-corrected chi connectivity index (χ0v) is 14.7. The molecule has 1 aromatic carbocycles. The van der Waals surface area contributed by atoms with Crippen molar-refractivity contribution in [3.8, 4) is 17.6 Å². The van der Waals surface area contributed by atoms with Gasteiger partial charge in [0.05, 0.1) is 33.9 Å². The normalized spacial score (nSPS) is 12.4. The summed E-state index contributed by atoms with van der Waals surface area (Å²) in [6.45, 7) is -0.0349. The van der Waals surface area contributed by atoms with Gasteiger partial charge in [0.25, 0.3) is 5.91 Å². The second-order valence-electron chi connectivity index (χ2n) is 5.12. The number of ether oxygens (including phenoxy) is 1. The van der Waals surface area contributed by atoms with Crippen LogP contribution >= 0.6 is 0 Å². The van der Waals surface area contributed by atoms with Crippen LogP contribution in [0.4, 0.5) is 0 Å². The van der Waals surface area contributed by atoms with Crippen molar-refractivity contribution in [1.82, 2.24) is 4.98 Å². The van der Waals surface area contributed by atoms with E-state index in [4.69, 9.17) is 9.84 Å². The van der Waals surface area contributed by atoms with Gasteiger partial charge in [-0.15, -0.1) is 0 Å². The summed E-state index contributed by atoms with van der Waals surface area (Å²) >= 11 is 0. The molecule has 0 fully saturated rings. The number of carbonyl (C=O) groups is 1. The first kappa shape index (κ1) is 18.6. The van der Waals surface area contributed by atoms with Crippen molar-refractivity contribution in [2.45, 2.75) is 11.3 Å². The Kier molecular flexibility index (Phi) is 6.28. The molecule has 0 spiro atoms. The molecule has 130 valence electrons. The number of hydrogen-bond donors (Lipinski definition) is 1. The molecule has 0 saturated carbocycles. The lowest BCUT2D eigenvalue weighted by Gasteiger charge is -2.06. The summed E-state index contributed by atoms with van der Waals surface area (Å²) in [5.74, 6) is 5.46.